The molecule has 0 aliphatic rings. The maximum Gasteiger partial charge on any atom is 0.256 e. The van der Waals surface area contributed by atoms with E-state index in [0.29, 0.717) is 11.6 Å². The van der Waals surface area contributed by atoms with Gasteiger partial charge in [-0.3, -0.25) is 0 Å². The molecule has 0 aliphatic carbocycles. The number of para-hydroxylation sites is 2. The predicted octanol–water partition coefficient (Wildman–Crippen LogP) is 2.02. The van der Waals surface area contributed by atoms with Crippen LogP contribution in [0.3, 0.4) is 0 Å². The van der Waals surface area contributed by atoms with Gasteiger partial charge < -0.3 is 15.3 Å². The SMILES string of the molecule is CC(O)(CN)CCSc1nc2ccccc2o1. The molecular formula is C12H16N2O2S. The van der Waals surface area contributed by atoms with Crippen molar-refractivity contribution in [3.05, 3.63) is 24.3 Å². The second kappa shape index (κ2) is 5.08. The molecule has 5 heteroatoms. The number of aromatic nitrogens is 1. The van der Waals surface area contributed by atoms with Crippen molar-refractivity contribution in [2.45, 2.75) is 24.2 Å². The number of nitrogens with zero attached hydrogens (tertiary/aromatic N) is 1. The molecule has 0 amide bonds. The highest BCUT2D eigenvalue weighted by atomic mass is 32.2. The van der Waals surface area contributed by atoms with Gasteiger partial charge >= 0.3 is 0 Å². The predicted molar refractivity (Wildman–Crippen MR) is 69.0 cm³/mol. The molecule has 2 rings (SSSR count). The second-order valence-corrected chi connectivity index (χ2v) is 5.29. The number of rotatable bonds is 5. The Balaban J connectivity index is 1.95. The lowest BCUT2D eigenvalue weighted by atomic mass is 10.1. The van der Waals surface area contributed by atoms with Gasteiger partial charge in [0.2, 0.25) is 0 Å². The van der Waals surface area contributed by atoms with Gasteiger partial charge in [0, 0.05) is 12.3 Å². The number of hydrogen-bond acceptors (Lipinski definition) is 5. The lowest BCUT2D eigenvalue weighted by Crippen LogP contribution is -2.34. The standard InChI is InChI=1S/C12H16N2O2S/c1-12(15,8-13)6-7-17-11-14-9-4-2-3-5-10(9)16-11/h2-5,15H,6-8,13H2,1H3. The lowest BCUT2D eigenvalue weighted by molar-refractivity contribution is 0.0665. The lowest BCUT2D eigenvalue weighted by Gasteiger charge is -2.19. The van der Waals surface area contributed by atoms with Crippen molar-refractivity contribution < 1.29 is 9.52 Å². The Morgan fingerprint density at radius 3 is 2.94 bits per heavy atom. The van der Waals surface area contributed by atoms with Crippen LogP contribution in [0.25, 0.3) is 11.1 Å². The van der Waals surface area contributed by atoms with E-state index < -0.39 is 5.60 Å². The van der Waals surface area contributed by atoms with Crippen LogP contribution in [0, 0.1) is 0 Å². The van der Waals surface area contributed by atoms with Gasteiger partial charge in [0.25, 0.3) is 5.22 Å². The average molecular weight is 252 g/mol. The molecule has 0 bridgehead atoms. The first-order chi connectivity index (χ1) is 8.11. The Bertz CT molecular complexity index is 463. The first-order valence-electron chi connectivity index (χ1n) is 5.51. The van der Waals surface area contributed by atoms with Crippen molar-refractivity contribution >= 4 is 22.9 Å². The Kier molecular flexibility index (Phi) is 3.71. The van der Waals surface area contributed by atoms with Gasteiger partial charge in [0.15, 0.2) is 5.58 Å². The summed E-state index contributed by atoms with van der Waals surface area (Å²) in [7, 11) is 0. The molecule has 1 unspecified atom stereocenters. The van der Waals surface area contributed by atoms with Gasteiger partial charge in [-0.1, -0.05) is 23.9 Å². The summed E-state index contributed by atoms with van der Waals surface area (Å²) in [5.41, 5.74) is 6.30. The van der Waals surface area contributed by atoms with Gasteiger partial charge in [0.1, 0.15) is 5.52 Å². The van der Waals surface area contributed by atoms with Crippen LogP contribution in [0.1, 0.15) is 13.3 Å². The van der Waals surface area contributed by atoms with Crippen molar-refractivity contribution in [1.82, 2.24) is 4.98 Å². The molecule has 3 N–H and O–H groups in total. The van der Waals surface area contributed by atoms with Crippen molar-refractivity contribution in [1.29, 1.82) is 0 Å². The summed E-state index contributed by atoms with van der Waals surface area (Å²) in [6, 6.07) is 7.65. The zero-order valence-electron chi connectivity index (χ0n) is 9.72. The minimum atomic E-state index is -0.807. The van der Waals surface area contributed by atoms with Gasteiger partial charge in [-0.05, 0) is 25.5 Å². The van der Waals surface area contributed by atoms with E-state index in [1.54, 1.807) is 6.92 Å². The summed E-state index contributed by atoms with van der Waals surface area (Å²) in [5.74, 6) is 0.733. The zero-order chi connectivity index (χ0) is 12.3. The molecule has 0 fully saturated rings. The zero-order valence-corrected chi connectivity index (χ0v) is 10.5. The highest BCUT2D eigenvalue weighted by Gasteiger charge is 2.18. The fourth-order valence-corrected chi connectivity index (χ4v) is 2.40. The van der Waals surface area contributed by atoms with Crippen molar-refractivity contribution in [2.75, 3.05) is 12.3 Å². The number of aliphatic hydroxyl groups is 1. The molecule has 1 aromatic carbocycles. The van der Waals surface area contributed by atoms with Crippen LogP contribution in [0.2, 0.25) is 0 Å². The number of benzene rings is 1. The van der Waals surface area contributed by atoms with Crippen LogP contribution in [-0.2, 0) is 0 Å². The normalized spacial score (nSPS) is 15.0. The fourth-order valence-electron chi connectivity index (χ4n) is 1.37. The summed E-state index contributed by atoms with van der Waals surface area (Å²) in [5, 5.41) is 10.4. The van der Waals surface area contributed by atoms with Crippen LogP contribution < -0.4 is 5.73 Å². The topological polar surface area (TPSA) is 72.3 Å². The van der Waals surface area contributed by atoms with E-state index in [9.17, 15) is 5.11 Å². The minimum Gasteiger partial charge on any atom is -0.431 e. The number of nitrogens with two attached hydrogens (primary N) is 1. The fraction of sp³-hybridized carbons (Fsp3) is 0.417. The van der Waals surface area contributed by atoms with Gasteiger partial charge in [-0.25, -0.2) is 4.98 Å². The number of fused-ring (bicyclic) bond motifs is 1. The van der Waals surface area contributed by atoms with Crippen LogP contribution in [-0.4, -0.2) is 28.0 Å². The largest absolute Gasteiger partial charge is 0.431 e. The van der Waals surface area contributed by atoms with Gasteiger partial charge in [-0.15, -0.1) is 0 Å². The second-order valence-electron chi connectivity index (χ2n) is 4.25. The van der Waals surface area contributed by atoms with E-state index in [1.807, 2.05) is 24.3 Å². The molecule has 0 aliphatic heterocycles. The van der Waals surface area contributed by atoms with Crippen LogP contribution in [0.5, 0.6) is 0 Å². The molecule has 0 saturated carbocycles. The molecule has 0 saturated heterocycles. The monoisotopic (exact) mass is 252 g/mol. The molecule has 4 nitrogen and oxygen atoms in total. The number of oxazole rings is 1. The minimum absolute atomic E-state index is 0.265. The summed E-state index contributed by atoms with van der Waals surface area (Å²) < 4.78 is 5.56. The summed E-state index contributed by atoms with van der Waals surface area (Å²) in [6.45, 7) is 2.00. The van der Waals surface area contributed by atoms with Crippen LogP contribution >= 0.6 is 11.8 Å². The van der Waals surface area contributed by atoms with Crippen molar-refractivity contribution in [3.8, 4) is 0 Å². The molecule has 92 valence electrons. The van der Waals surface area contributed by atoms with E-state index in [2.05, 4.69) is 4.98 Å². The smallest absolute Gasteiger partial charge is 0.256 e. The van der Waals surface area contributed by atoms with Crippen LogP contribution in [0.4, 0.5) is 0 Å². The maximum atomic E-state index is 9.75. The molecule has 2 aromatic rings. The van der Waals surface area contributed by atoms with E-state index >= 15 is 0 Å². The molecule has 17 heavy (non-hydrogen) atoms. The highest BCUT2D eigenvalue weighted by molar-refractivity contribution is 7.99. The Morgan fingerprint density at radius 1 is 1.47 bits per heavy atom. The Labute approximate surface area is 104 Å². The van der Waals surface area contributed by atoms with Gasteiger partial charge in [0.05, 0.1) is 5.60 Å². The summed E-state index contributed by atoms with van der Waals surface area (Å²) in [4.78, 5) is 4.34. The Hall–Kier alpha value is -1.04. The third-order valence-electron chi connectivity index (χ3n) is 2.58. The van der Waals surface area contributed by atoms with E-state index in [0.717, 1.165) is 16.9 Å². The summed E-state index contributed by atoms with van der Waals surface area (Å²) >= 11 is 1.50. The summed E-state index contributed by atoms with van der Waals surface area (Å²) in [6.07, 6.45) is 0.618. The van der Waals surface area contributed by atoms with Crippen LogP contribution in [0.15, 0.2) is 33.9 Å². The first kappa shape index (κ1) is 12.4. The van der Waals surface area contributed by atoms with Crippen molar-refractivity contribution in [3.63, 3.8) is 0 Å². The highest BCUT2D eigenvalue weighted by Crippen LogP contribution is 2.25. The van der Waals surface area contributed by atoms with E-state index in [4.69, 9.17) is 10.2 Å². The number of thioether (sulfide) groups is 1. The molecule has 1 heterocycles. The van der Waals surface area contributed by atoms with Gasteiger partial charge in [-0.2, -0.15) is 0 Å². The molecule has 1 aromatic heterocycles. The van der Waals surface area contributed by atoms with E-state index in [1.165, 1.54) is 11.8 Å². The molecule has 0 radical (unpaired) electrons. The maximum absolute atomic E-state index is 9.75. The van der Waals surface area contributed by atoms with E-state index in [-0.39, 0.29) is 6.54 Å². The first-order valence-corrected chi connectivity index (χ1v) is 6.50. The quantitative estimate of drug-likeness (QED) is 0.796. The third-order valence-corrected chi connectivity index (χ3v) is 3.41. The molecular weight excluding hydrogens is 236 g/mol. The third kappa shape index (κ3) is 3.21. The van der Waals surface area contributed by atoms with Crippen molar-refractivity contribution in [2.24, 2.45) is 5.73 Å². The Morgan fingerprint density at radius 2 is 2.24 bits per heavy atom. The molecule has 1 atom stereocenters. The molecule has 0 spiro atoms. The number of hydrogen-bond donors (Lipinski definition) is 2. The average Bonchev–Trinajstić information content (AvgIpc) is 2.71.